The summed E-state index contributed by atoms with van der Waals surface area (Å²) in [6, 6.07) is 0. The normalized spacial score (nSPS) is 8.12. The van der Waals surface area contributed by atoms with Crippen LogP contribution in [0.4, 0.5) is 0 Å². The van der Waals surface area contributed by atoms with Gasteiger partial charge >= 0.3 is 0 Å². The third-order valence-electron chi connectivity index (χ3n) is 0.510. The molecule has 8 heavy (non-hydrogen) atoms. The topological polar surface area (TPSA) is 46.5 Å². The molecule has 1 N–H and O–H groups in total. The number of hydrogen-bond donors (Lipinski definition) is 1. The van der Waals surface area contributed by atoms with Crippen molar-refractivity contribution in [1.29, 1.82) is 0 Å². The van der Waals surface area contributed by atoms with Gasteiger partial charge in [0, 0.05) is 0 Å². The van der Waals surface area contributed by atoms with Gasteiger partial charge in [0.25, 0.3) is 0 Å². The molecule has 0 aliphatic carbocycles. The Balaban J connectivity index is 3.11. The smallest absolute Gasteiger partial charge is 0.184 e. The standard InChI is InChI=1S/C5H8O3/c1-5(4-7)8-3-2-6/h4,6H,1-3H2. The van der Waals surface area contributed by atoms with E-state index >= 15 is 0 Å². The minimum Gasteiger partial charge on any atom is -0.488 e. The third-order valence-corrected chi connectivity index (χ3v) is 0.510. The van der Waals surface area contributed by atoms with Crippen LogP contribution in [0.5, 0.6) is 0 Å². The summed E-state index contributed by atoms with van der Waals surface area (Å²) in [6.07, 6.45) is 0.496. The summed E-state index contributed by atoms with van der Waals surface area (Å²) in [5.74, 6) is 0.0547. The van der Waals surface area contributed by atoms with Gasteiger partial charge in [-0.3, -0.25) is 4.79 Å². The quantitative estimate of drug-likeness (QED) is 0.312. The number of carbonyl (C=O) groups is 1. The van der Waals surface area contributed by atoms with Crippen molar-refractivity contribution in [2.75, 3.05) is 13.2 Å². The Kier molecular flexibility index (Phi) is 3.88. The fraction of sp³-hybridized carbons (Fsp3) is 0.400. The zero-order valence-corrected chi connectivity index (χ0v) is 4.46. The van der Waals surface area contributed by atoms with Crippen molar-refractivity contribution in [2.45, 2.75) is 0 Å². The number of aliphatic hydroxyl groups is 1. The van der Waals surface area contributed by atoms with Gasteiger partial charge in [-0.25, -0.2) is 0 Å². The summed E-state index contributed by atoms with van der Waals surface area (Å²) in [5, 5.41) is 8.13. The lowest BCUT2D eigenvalue weighted by Crippen LogP contribution is -1.98. The molecule has 0 unspecified atom stereocenters. The summed E-state index contributed by atoms with van der Waals surface area (Å²) in [7, 11) is 0. The molecule has 0 saturated carbocycles. The van der Waals surface area contributed by atoms with Crippen molar-refractivity contribution >= 4 is 6.29 Å². The highest BCUT2D eigenvalue weighted by atomic mass is 16.5. The van der Waals surface area contributed by atoms with Crippen LogP contribution in [-0.2, 0) is 9.53 Å². The first-order valence-electron chi connectivity index (χ1n) is 2.19. The predicted octanol–water partition coefficient (Wildman–Crippen LogP) is -0.292. The van der Waals surface area contributed by atoms with Crippen LogP contribution in [0.15, 0.2) is 12.3 Å². The lowest BCUT2D eigenvalue weighted by Gasteiger charge is -1.97. The molecule has 0 aliphatic heterocycles. The van der Waals surface area contributed by atoms with Crippen molar-refractivity contribution in [3.63, 3.8) is 0 Å². The molecule has 46 valence electrons. The van der Waals surface area contributed by atoms with Crippen LogP contribution in [-0.4, -0.2) is 24.6 Å². The molecule has 0 amide bonds. The molecule has 0 aromatic heterocycles. The highest BCUT2D eigenvalue weighted by Crippen LogP contribution is 1.84. The van der Waals surface area contributed by atoms with Crippen LogP contribution in [0.2, 0.25) is 0 Å². The molecular weight excluding hydrogens is 108 g/mol. The summed E-state index contributed by atoms with van der Waals surface area (Å²) in [6.45, 7) is 3.26. The van der Waals surface area contributed by atoms with Crippen molar-refractivity contribution in [3.05, 3.63) is 12.3 Å². The molecule has 0 aromatic rings. The van der Waals surface area contributed by atoms with Gasteiger partial charge in [0.1, 0.15) is 6.61 Å². The summed E-state index contributed by atoms with van der Waals surface area (Å²) in [4.78, 5) is 9.70. The average molecular weight is 116 g/mol. The molecule has 0 rings (SSSR count). The highest BCUT2D eigenvalue weighted by molar-refractivity contribution is 5.68. The Morgan fingerprint density at radius 2 is 2.50 bits per heavy atom. The fourth-order valence-corrected chi connectivity index (χ4v) is 0.211. The lowest BCUT2D eigenvalue weighted by molar-refractivity contribution is -0.107. The molecule has 0 saturated heterocycles. The average Bonchev–Trinajstić information content (AvgIpc) is 1.83. The Morgan fingerprint density at radius 3 is 2.88 bits per heavy atom. The number of carbonyl (C=O) groups excluding carboxylic acids is 1. The van der Waals surface area contributed by atoms with Crippen LogP contribution in [0, 0.1) is 0 Å². The number of aldehydes is 1. The number of hydrogen-bond acceptors (Lipinski definition) is 3. The maximum Gasteiger partial charge on any atom is 0.184 e. The minimum atomic E-state index is -0.0904. The van der Waals surface area contributed by atoms with E-state index in [2.05, 4.69) is 11.3 Å². The SMILES string of the molecule is C=C(C=O)OCCO. The molecule has 3 heteroatoms. The third kappa shape index (κ3) is 3.36. The Morgan fingerprint density at radius 1 is 1.88 bits per heavy atom. The molecule has 0 spiro atoms. The van der Waals surface area contributed by atoms with E-state index in [0.29, 0.717) is 6.29 Å². The Labute approximate surface area is 47.6 Å². The van der Waals surface area contributed by atoms with Crippen LogP contribution in [0.25, 0.3) is 0 Å². The van der Waals surface area contributed by atoms with Gasteiger partial charge in [0.05, 0.1) is 6.61 Å². The zero-order valence-electron chi connectivity index (χ0n) is 4.46. The van der Waals surface area contributed by atoms with Crippen molar-refractivity contribution in [3.8, 4) is 0 Å². The number of rotatable bonds is 4. The monoisotopic (exact) mass is 116 g/mol. The van der Waals surface area contributed by atoms with Crippen molar-refractivity contribution in [1.82, 2.24) is 0 Å². The number of aliphatic hydroxyl groups excluding tert-OH is 1. The maximum atomic E-state index is 9.70. The first-order chi connectivity index (χ1) is 3.81. The zero-order chi connectivity index (χ0) is 6.41. The van der Waals surface area contributed by atoms with Crippen LogP contribution in [0.1, 0.15) is 0 Å². The van der Waals surface area contributed by atoms with Crippen LogP contribution >= 0.6 is 0 Å². The molecule has 0 atom stereocenters. The molecule has 0 aromatic carbocycles. The van der Waals surface area contributed by atoms with E-state index in [9.17, 15) is 4.79 Å². The van der Waals surface area contributed by atoms with Gasteiger partial charge in [0.15, 0.2) is 12.0 Å². The van der Waals surface area contributed by atoms with Crippen molar-refractivity contribution in [2.24, 2.45) is 0 Å². The summed E-state index contributed by atoms with van der Waals surface area (Å²) in [5.41, 5.74) is 0. The van der Waals surface area contributed by atoms with Gasteiger partial charge < -0.3 is 9.84 Å². The molecule has 0 radical (unpaired) electrons. The summed E-state index contributed by atoms with van der Waals surface area (Å²) >= 11 is 0. The van der Waals surface area contributed by atoms with Gasteiger partial charge in [-0.2, -0.15) is 0 Å². The number of allylic oxidation sites excluding steroid dienone is 1. The number of ether oxygens (including phenoxy) is 1. The molecular formula is C5H8O3. The van der Waals surface area contributed by atoms with Crippen LogP contribution < -0.4 is 0 Å². The van der Waals surface area contributed by atoms with E-state index in [1.54, 1.807) is 0 Å². The molecule has 0 heterocycles. The van der Waals surface area contributed by atoms with Crippen molar-refractivity contribution < 1.29 is 14.6 Å². The largest absolute Gasteiger partial charge is 0.488 e. The minimum absolute atomic E-state index is 0.0547. The molecule has 0 aliphatic rings. The van der Waals surface area contributed by atoms with E-state index in [1.807, 2.05) is 0 Å². The predicted molar refractivity (Wildman–Crippen MR) is 28.2 cm³/mol. The molecule has 3 nitrogen and oxygen atoms in total. The second-order valence-corrected chi connectivity index (χ2v) is 1.16. The van der Waals surface area contributed by atoms with Gasteiger partial charge in [-0.05, 0) is 0 Å². The Hall–Kier alpha value is -0.830. The van der Waals surface area contributed by atoms with Gasteiger partial charge in [-0.15, -0.1) is 0 Å². The first kappa shape index (κ1) is 7.17. The summed E-state index contributed by atoms with van der Waals surface area (Å²) < 4.78 is 4.53. The van der Waals surface area contributed by atoms with Crippen LogP contribution in [0.3, 0.4) is 0 Å². The maximum absolute atomic E-state index is 9.70. The lowest BCUT2D eigenvalue weighted by atomic mass is 10.6. The van der Waals surface area contributed by atoms with E-state index in [1.165, 1.54) is 0 Å². The molecule has 0 fully saturated rings. The van der Waals surface area contributed by atoms with Gasteiger partial charge in [0.2, 0.25) is 0 Å². The Bertz CT molecular complexity index is 87.7. The first-order valence-corrected chi connectivity index (χ1v) is 2.19. The van der Waals surface area contributed by atoms with E-state index in [-0.39, 0.29) is 19.0 Å². The second kappa shape index (κ2) is 4.33. The van der Waals surface area contributed by atoms with E-state index < -0.39 is 0 Å². The fourth-order valence-electron chi connectivity index (χ4n) is 0.211. The van der Waals surface area contributed by atoms with Gasteiger partial charge in [-0.1, -0.05) is 6.58 Å². The molecule has 0 bridgehead atoms. The second-order valence-electron chi connectivity index (χ2n) is 1.16. The van der Waals surface area contributed by atoms with E-state index in [4.69, 9.17) is 5.11 Å². The highest BCUT2D eigenvalue weighted by Gasteiger charge is 1.86. The van der Waals surface area contributed by atoms with E-state index in [0.717, 1.165) is 0 Å².